The lowest BCUT2D eigenvalue weighted by Gasteiger charge is -2.15. The zero-order chi connectivity index (χ0) is 9.56. The van der Waals surface area contributed by atoms with Gasteiger partial charge < -0.3 is 15.6 Å². The van der Waals surface area contributed by atoms with Crippen molar-refractivity contribution in [3.8, 4) is 0 Å². The van der Waals surface area contributed by atoms with E-state index in [4.69, 9.17) is 5.73 Å². The number of carbonyl (C=O) groups is 1. The van der Waals surface area contributed by atoms with Crippen LogP contribution in [0.3, 0.4) is 0 Å². The summed E-state index contributed by atoms with van der Waals surface area (Å²) in [6.45, 7) is 3.91. The molecule has 0 aromatic rings. The lowest BCUT2D eigenvalue weighted by atomic mass is 10.1. The molecule has 0 saturated carbocycles. The van der Waals surface area contributed by atoms with Gasteiger partial charge in [-0.3, -0.25) is 0 Å². The predicted molar refractivity (Wildman–Crippen MR) is 52.8 cm³/mol. The number of esters is 1. The average molecular weight is 212 g/mol. The van der Waals surface area contributed by atoms with Gasteiger partial charge in [-0.2, -0.15) is 0 Å². The lowest BCUT2D eigenvalue weighted by molar-refractivity contribution is -0.154. The van der Waals surface area contributed by atoms with Crippen LogP contribution in [0, 0.1) is 0 Å². The maximum Gasteiger partial charge on any atom is 0.336 e. The number of rotatable bonds is 5. The van der Waals surface area contributed by atoms with E-state index in [-0.39, 0.29) is 19.0 Å². The predicted octanol–water partition coefficient (Wildman–Crippen LogP) is 0.460. The molecule has 0 saturated heterocycles. The van der Waals surface area contributed by atoms with Crippen LogP contribution in [-0.2, 0) is 9.53 Å². The van der Waals surface area contributed by atoms with E-state index in [9.17, 15) is 9.90 Å². The van der Waals surface area contributed by atoms with Gasteiger partial charge in [0.25, 0.3) is 0 Å². The fraction of sp³-hybridized carbons (Fsp3) is 0.875. The zero-order valence-electron chi connectivity index (χ0n) is 8.03. The largest absolute Gasteiger partial charge is 0.464 e. The van der Waals surface area contributed by atoms with Gasteiger partial charge in [0.2, 0.25) is 0 Å². The first-order valence-electron chi connectivity index (χ1n) is 4.23. The molecule has 0 radical (unpaired) electrons. The molecule has 2 atom stereocenters. The number of hydrogen-bond donors (Lipinski definition) is 2. The molecule has 0 bridgehead atoms. The van der Waals surface area contributed by atoms with Crippen LogP contribution in [0.4, 0.5) is 0 Å². The molecular formula is C8H18ClNO3. The molecule has 0 aliphatic carbocycles. The first-order chi connectivity index (χ1) is 5.63. The van der Waals surface area contributed by atoms with Crippen molar-refractivity contribution in [2.75, 3.05) is 6.61 Å². The Morgan fingerprint density at radius 2 is 2.08 bits per heavy atom. The molecule has 0 aromatic heterocycles. The third-order valence-corrected chi connectivity index (χ3v) is 1.56. The third-order valence-electron chi connectivity index (χ3n) is 1.56. The summed E-state index contributed by atoms with van der Waals surface area (Å²) in [6, 6.07) is -0.506. The maximum absolute atomic E-state index is 10.9. The summed E-state index contributed by atoms with van der Waals surface area (Å²) in [6.07, 6.45) is 0.294. The highest BCUT2D eigenvalue weighted by atomic mass is 35.5. The van der Waals surface area contributed by atoms with E-state index in [1.807, 2.05) is 6.92 Å². The Kier molecular flexibility index (Phi) is 9.67. The van der Waals surface area contributed by atoms with Crippen LogP contribution in [0.1, 0.15) is 26.7 Å². The molecule has 0 aromatic carbocycles. The van der Waals surface area contributed by atoms with Crippen molar-refractivity contribution in [1.29, 1.82) is 0 Å². The van der Waals surface area contributed by atoms with Gasteiger partial charge >= 0.3 is 5.97 Å². The minimum atomic E-state index is -1.18. The lowest BCUT2D eigenvalue weighted by Crippen LogP contribution is -2.41. The third kappa shape index (κ3) is 5.85. The number of ether oxygens (including phenoxy) is 1. The molecule has 0 amide bonds. The van der Waals surface area contributed by atoms with E-state index in [1.54, 1.807) is 6.92 Å². The Hall–Kier alpha value is -0.320. The average Bonchev–Trinajstić information content (AvgIpc) is 2.04. The van der Waals surface area contributed by atoms with Gasteiger partial charge in [-0.1, -0.05) is 13.3 Å². The Morgan fingerprint density at radius 3 is 2.46 bits per heavy atom. The second-order valence-electron chi connectivity index (χ2n) is 2.65. The van der Waals surface area contributed by atoms with Crippen molar-refractivity contribution in [3.05, 3.63) is 0 Å². The van der Waals surface area contributed by atoms with Crippen molar-refractivity contribution in [1.82, 2.24) is 0 Å². The topological polar surface area (TPSA) is 72.5 Å². The minimum absolute atomic E-state index is 0. The van der Waals surface area contributed by atoms with Crippen molar-refractivity contribution in [3.63, 3.8) is 0 Å². The Balaban J connectivity index is 0. The quantitative estimate of drug-likeness (QED) is 0.648. The van der Waals surface area contributed by atoms with Gasteiger partial charge in [-0.25, -0.2) is 4.79 Å². The highest BCUT2D eigenvalue weighted by Gasteiger charge is 2.22. The highest BCUT2D eigenvalue weighted by Crippen LogP contribution is 2.01. The fourth-order valence-corrected chi connectivity index (χ4v) is 0.894. The summed E-state index contributed by atoms with van der Waals surface area (Å²) in [5.41, 5.74) is 5.51. The maximum atomic E-state index is 10.9. The van der Waals surface area contributed by atoms with Crippen LogP contribution < -0.4 is 5.73 Å². The van der Waals surface area contributed by atoms with E-state index >= 15 is 0 Å². The zero-order valence-corrected chi connectivity index (χ0v) is 8.84. The molecular weight excluding hydrogens is 194 g/mol. The monoisotopic (exact) mass is 211 g/mol. The molecule has 80 valence electrons. The summed E-state index contributed by atoms with van der Waals surface area (Å²) in [5.74, 6) is -0.626. The molecule has 0 aliphatic rings. The summed E-state index contributed by atoms with van der Waals surface area (Å²) in [4.78, 5) is 10.9. The van der Waals surface area contributed by atoms with Crippen LogP contribution in [0.15, 0.2) is 0 Å². The van der Waals surface area contributed by atoms with Crippen molar-refractivity contribution in [2.24, 2.45) is 5.73 Å². The van der Waals surface area contributed by atoms with E-state index < -0.39 is 18.1 Å². The number of aliphatic hydroxyl groups excluding tert-OH is 1. The van der Waals surface area contributed by atoms with Crippen molar-refractivity contribution < 1.29 is 14.6 Å². The smallest absolute Gasteiger partial charge is 0.336 e. The molecule has 0 unspecified atom stereocenters. The number of hydrogen-bond acceptors (Lipinski definition) is 4. The highest BCUT2D eigenvalue weighted by molar-refractivity contribution is 5.85. The van der Waals surface area contributed by atoms with Gasteiger partial charge in [0.1, 0.15) is 0 Å². The van der Waals surface area contributed by atoms with Crippen LogP contribution in [-0.4, -0.2) is 29.8 Å². The van der Waals surface area contributed by atoms with E-state index in [0.717, 1.165) is 6.42 Å². The van der Waals surface area contributed by atoms with Crippen LogP contribution in [0.5, 0.6) is 0 Å². The number of halogens is 1. The molecule has 3 N–H and O–H groups in total. The SMILES string of the molecule is CCC[C@H](N)[C@@H](O)C(=O)OCC.Cl. The fourth-order valence-electron chi connectivity index (χ4n) is 0.894. The van der Waals surface area contributed by atoms with Crippen molar-refractivity contribution in [2.45, 2.75) is 38.8 Å². The van der Waals surface area contributed by atoms with Gasteiger partial charge in [-0.05, 0) is 13.3 Å². The molecule has 0 spiro atoms. The summed E-state index contributed by atoms with van der Waals surface area (Å²) in [5, 5.41) is 9.25. The standard InChI is InChI=1S/C8H17NO3.ClH/c1-3-5-6(9)7(10)8(11)12-4-2;/h6-7,10H,3-5,9H2,1-2H3;1H/t6-,7+;/m0./s1. The molecule has 0 fully saturated rings. The van der Waals surface area contributed by atoms with E-state index in [2.05, 4.69) is 4.74 Å². The van der Waals surface area contributed by atoms with E-state index in [1.165, 1.54) is 0 Å². The second-order valence-corrected chi connectivity index (χ2v) is 2.65. The summed E-state index contributed by atoms with van der Waals surface area (Å²) >= 11 is 0. The Labute approximate surface area is 84.9 Å². The summed E-state index contributed by atoms with van der Waals surface area (Å²) < 4.78 is 4.60. The first-order valence-corrected chi connectivity index (χ1v) is 4.23. The molecule has 0 aliphatic heterocycles. The Bertz CT molecular complexity index is 143. The van der Waals surface area contributed by atoms with Crippen LogP contribution in [0.25, 0.3) is 0 Å². The molecule has 5 heteroatoms. The van der Waals surface area contributed by atoms with Crippen LogP contribution in [0.2, 0.25) is 0 Å². The second kappa shape index (κ2) is 8.29. The first kappa shape index (κ1) is 15.2. The molecule has 0 heterocycles. The molecule has 4 nitrogen and oxygen atoms in total. The number of aliphatic hydroxyl groups is 1. The van der Waals surface area contributed by atoms with Gasteiger partial charge in [0, 0.05) is 6.04 Å². The van der Waals surface area contributed by atoms with Crippen LogP contribution >= 0.6 is 12.4 Å². The van der Waals surface area contributed by atoms with E-state index in [0.29, 0.717) is 6.42 Å². The van der Waals surface area contributed by atoms with Gasteiger partial charge in [0.05, 0.1) is 6.61 Å². The minimum Gasteiger partial charge on any atom is -0.464 e. The number of nitrogens with two attached hydrogens (primary N) is 1. The van der Waals surface area contributed by atoms with Crippen molar-refractivity contribution >= 4 is 18.4 Å². The molecule has 0 rings (SSSR count). The normalized spacial score (nSPS) is 14.2. The van der Waals surface area contributed by atoms with Gasteiger partial charge in [0.15, 0.2) is 6.10 Å². The number of carbonyl (C=O) groups excluding carboxylic acids is 1. The Morgan fingerprint density at radius 1 is 1.54 bits per heavy atom. The summed E-state index contributed by atoms with van der Waals surface area (Å²) in [7, 11) is 0. The molecule has 13 heavy (non-hydrogen) atoms. The van der Waals surface area contributed by atoms with Gasteiger partial charge in [-0.15, -0.1) is 12.4 Å².